The van der Waals surface area contributed by atoms with Gasteiger partial charge in [0.2, 0.25) is 5.95 Å². The van der Waals surface area contributed by atoms with Gasteiger partial charge >= 0.3 is 0 Å². The molecule has 1 unspecified atom stereocenters. The van der Waals surface area contributed by atoms with E-state index in [0.29, 0.717) is 19.1 Å². The summed E-state index contributed by atoms with van der Waals surface area (Å²) >= 11 is 0. The molecule has 148 valence electrons. The van der Waals surface area contributed by atoms with Crippen LogP contribution in [0.25, 0.3) is 0 Å². The summed E-state index contributed by atoms with van der Waals surface area (Å²) in [7, 11) is 0. The van der Waals surface area contributed by atoms with Crippen molar-refractivity contribution < 1.29 is 9.47 Å². The van der Waals surface area contributed by atoms with E-state index in [1.165, 1.54) is 6.42 Å². The number of likely N-dealkylation sites (tertiary alicyclic amines) is 1. The normalized spacial score (nSPS) is 28.0. The minimum absolute atomic E-state index is 0.0731. The van der Waals surface area contributed by atoms with Crippen molar-refractivity contribution >= 4 is 5.95 Å². The first-order valence-corrected chi connectivity index (χ1v) is 10.5. The predicted molar refractivity (Wildman–Crippen MR) is 102 cm³/mol. The number of aromatic amines is 1. The average Bonchev–Trinajstić information content (AvgIpc) is 3.33. The van der Waals surface area contributed by atoms with E-state index in [-0.39, 0.29) is 11.0 Å². The first-order valence-electron chi connectivity index (χ1n) is 10.5. The zero-order valence-corrected chi connectivity index (χ0v) is 16.0. The van der Waals surface area contributed by atoms with Gasteiger partial charge in [-0.1, -0.05) is 0 Å². The van der Waals surface area contributed by atoms with Crippen molar-refractivity contribution in [2.24, 2.45) is 5.92 Å². The Morgan fingerprint density at radius 2 is 1.89 bits per heavy atom. The molecule has 0 amide bonds. The van der Waals surface area contributed by atoms with Crippen molar-refractivity contribution in [3.05, 3.63) is 21.6 Å². The van der Waals surface area contributed by atoms with Gasteiger partial charge in [-0.25, -0.2) is 4.98 Å². The summed E-state index contributed by atoms with van der Waals surface area (Å²) < 4.78 is 11.0. The molecule has 1 aromatic rings. The van der Waals surface area contributed by atoms with E-state index >= 15 is 0 Å². The molecule has 1 atom stereocenters. The molecule has 3 aliphatic heterocycles. The summed E-state index contributed by atoms with van der Waals surface area (Å²) in [5.74, 6) is 1.44. The second-order valence-electron chi connectivity index (χ2n) is 8.63. The fourth-order valence-corrected chi connectivity index (χ4v) is 5.31. The highest BCUT2D eigenvalue weighted by Gasteiger charge is 2.44. The van der Waals surface area contributed by atoms with E-state index in [0.717, 1.165) is 88.8 Å². The first-order chi connectivity index (χ1) is 13.2. The van der Waals surface area contributed by atoms with Crippen molar-refractivity contribution in [1.29, 1.82) is 0 Å². The Labute approximate surface area is 160 Å². The highest BCUT2D eigenvalue weighted by atomic mass is 16.5. The van der Waals surface area contributed by atoms with Crippen LogP contribution in [0, 0.1) is 5.92 Å². The lowest BCUT2D eigenvalue weighted by atomic mass is 9.76. The Hall–Kier alpha value is -1.44. The second-order valence-corrected chi connectivity index (χ2v) is 8.63. The molecule has 1 spiro atoms. The van der Waals surface area contributed by atoms with Crippen LogP contribution in [0.4, 0.5) is 5.95 Å². The number of piperidine rings is 1. The quantitative estimate of drug-likeness (QED) is 0.849. The van der Waals surface area contributed by atoms with Crippen molar-refractivity contribution in [3.8, 4) is 0 Å². The number of aromatic nitrogens is 2. The molecule has 3 fully saturated rings. The lowest BCUT2D eigenvalue weighted by molar-refractivity contribution is 0.121. The highest BCUT2D eigenvalue weighted by Crippen LogP contribution is 2.44. The van der Waals surface area contributed by atoms with Crippen LogP contribution in [0.2, 0.25) is 0 Å². The molecule has 7 nitrogen and oxygen atoms in total. The van der Waals surface area contributed by atoms with E-state index in [2.05, 4.69) is 14.8 Å². The lowest BCUT2D eigenvalue weighted by Crippen LogP contribution is -2.44. The molecule has 1 aromatic heterocycles. The molecule has 1 N–H and O–H groups in total. The number of nitrogens with zero attached hydrogens (tertiary/aromatic N) is 3. The van der Waals surface area contributed by atoms with E-state index in [1.807, 2.05) is 0 Å². The third kappa shape index (κ3) is 3.30. The van der Waals surface area contributed by atoms with Gasteiger partial charge in [0, 0.05) is 37.2 Å². The third-order valence-electron chi connectivity index (χ3n) is 7.02. The van der Waals surface area contributed by atoms with Gasteiger partial charge in [0.1, 0.15) is 0 Å². The maximum atomic E-state index is 12.7. The van der Waals surface area contributed by atoms with E-state index < -0.39 is 0 Å². The van der Waals surface area contributed by atoms with Crippen LogP contribution in [-0.2, 0) is 21.3 Å². The zero-order chi connectivity index (χ0) is 18.3. The maximum Gasteiger partial charge on any atom is 0.255 e. The van der Waals surface area contributed by atoms with Crippen molar-refractivity contribution in [2.45, 2.75) is 37.5 Å². The van der Waals surface area contributed by atoms with Crippen LogP contribution < -0.4 is 10.5 Å². The number of ether oxygens (including phenoxy) is 2. The van der Waals surface area contributed by atoms with Gasteiger partial charge in [-0.3, -0.25) is 9.78 Å². The Balaban J connectivity index is 1.34. The fourth-order valence-electron chi connectivity index (χ4n) is 5.31. The topological polar surface area (TPSA) is 70.7 Å². The third-order valence-corrected chi connectivity index (χ3v) is 7.02. The maximum absolute atomic E-state index is 12.7. The predicted octanol–water partition coefficient (Wildman–Crippen LogP) is 0.923. The van der Waals surface area contributed by atoms with Gasteiger partial charge in [-0.15, -0.1) is 0 Å². The van der Waals surface area contributed by atoms with Gasteiger partial charge < -0.3 is 19.3 Å². The zero-order valence-electron chi connectivity index (χ0n) is 16.0. The Morgan fingerprint density at radius 1 is 1.07 bits per heavy atom. The SMILES string of the molecule is O=c1[nH]c(N2CCOCC2)nc2c1CCC21CCN(CC2CCOC2)CC1. The number of hydrogen-bond acceptors (Lipinski definition) is 6. The minimum Gasteiger partial charge on any atom is -0.381 e. The second kappa shape index (κ2) is 7.18. The Kier molecular flexibility index (Phi) is 4.70. The summed E-state index contributed by atoms with van der Waals surface area (Å²) in [5.41, 5.74) is 2.21. The minimum atomic E-state index is 0.0731. The van der Waals surface area contributed by atoms with Gasteiger partial charge in [0.25, 0.3) is 5.56 Å². The number of fused-ring (bicyclic) bond motifs is 2. The van der Waals surface area contributed by atoms with Crippen LogP contribution in [-0.4, -0.2) is 74.0 Å². The Morgan fingerprint density at radius 3 is 2.63 bits per heavy atom. The van der Waals surface area contributed by atoms with Crippen molar-refractivity contribution in [2.75, 3.05) is 64.1 Å². The van der Waals surface area contributed by atoms with Gasteiger partial charge in [-0.05, 0) is 51.1 Å². The molecule has 3 saturated heterocycles. The molecule has 4 aliphatic rings. The smallest absolute Gasteiger partial charge is 0.255 e. The van der Waals surface area contributed by atoms with Gasteiger partial charge in [-0.2, -0.15) is 0 Å². The fraction of sp³-hybridized carbons (Fsp3) is 0.800. The first kappa shape index (κ1) is 17.6. The van der Waals surface area contributed by atoms with Gasteiger partial charge in [0.15, 0.2) is 0 Å². The molecule has 1 aliphatic carbocycles. The summed E-state index contributed by atoms with van der Waals surface area (Å²) in [6, 6.07) is 0. The number of nitrogens with one attached hydrogen (secondary N) is 1. The highest BCUT2D eigenvalue weighted by molar-refractivity contribution is 5.40. The molecule has 0 aromatic carbocycles. The van der Waals surface area contributed by atoms with Crippen LogP contribution in [0.3, 0.4) is 0 Å². The molecular weight excluding hydrogens is 344 g/mol. The lowest BCUT2D eigenvalue weighted by Gasteiger charge is -2.40. The molecular formula is C20H30N4O3. The summed E-state index contributed by atoms with van der Waals surface area (Å²) in [4.78, 5) is 25.5. The molecule has 5 rings (SSSR count). The van der Waals surface area contributed by atoms with Crippen LogP contribution >= 0.6 is 0 Å². The molecule has 7 heteroatoms. The molecule has 0 saturated carbocycles. The number of H-pyrrole nitrogens is 1. The summed E-state index contributed by atoms with van der Waals surface area (Å²) in [6.07, 6.45) is 5.38. The molecule has 4 heterocycles. The largest absolute Gasteiger partial charge is 0.381 e. The molecule has 0 bridgehead atoms. The van der Waals surface area contributed by atoms with E-state index in [1.54, 1.807) is 0 Å². The van der Waals surface area contributed by atoms with Crippen molar-refractivity contribution in [1.82, 2.24) is 14.9 Å². The number of rotatable bonds is 3. The standard InChI is InChI=1S/C20H30N4O3/c25-18-16-1-3-20(4-6-23(7-5-20)13-15-2-10-27-14-15)17(16)21-19(22-18)24-8-11-26-12-9-24/h15H,1-14H2,(H,21,22,25). The number of hydrogen-bond donors (Lipinski definition) is 1. The summed E-state index contributed by atoms with van der Waals surface area (Å²) in [5, 5.41) is 0. The van der Waals surface area contributed by atoms with Crippen LogP contribution in [0.5, 0.6) is 0 Å². The van der Waals surface area contributed by atoms with Crippen LogP contribution in [0.1, 0.15) is 36.9 Å². The summed E-state index contributed by atoms with van der Waals surface area (Å²) in [6.45, 7) is 8.21. The van der Waals surface area contributed by atoms with E-state index in [9.17, 15) is 4.79 Å². The molecule has 27 heavy (non-hydrogen) atoms. The monoisotopic (exact) mass is 374 g/mol. The average molecular weight is 374 g/mol. The van der Waals surface area contributed by atoms with E-state index in [4.69, 9.17) is 14.5 Å². The molecule has 0 radical (unpaired) electrons. The Bertz CT molecular complexity index is 729. The number of anilines is 1. The van der Waals surface area contributed by atoms with Crippen LogP contribution in [0.15, 0.2) is 4.79 Å². The number of morpholine rings is 1. The van der Waals surface area contributed by atoms with Crippen molar-refractivity contribution in [3.63, 3.8) is 0 Å². The van der Waals surface area contributed by atoms with Gasteiger partial charge in [0.05, 0.1) is 25.5 Å².